The Morgan fingerprint density at radius 1 is 0.789 bits per heavy atom. The van der Waals surface area contributed by atoms with E-state index in [9.17, 15) is 0 Å². The monoisotopic (exact) mass is 247 g/mol. The first-order valence-electron chi connectivity index (χ1n) is 6.15. The van der Waals surface area contributed by atoms with Gasteiger partial charge in [0.25, 0.3) is 0 Å². The highest BCUT2D eigenvalue weighted by Gasteiger charge is 2.05. The van der Waals surface area contributed by atoms with Gasteiger partial charge in [-0.1, -0.05) is 60.2 Å². The number of aryl methyl sites for hydroxylation is 1. The van der Waals surface area contributed by atoms with Crippen LogP contribution in [0.3, 0.4) is 0 Å². The zero-order valence-electron chi connectivity index (χ0n) is 10.6. The van der Waals surface area contributed by atoms with E-state index in [1.54, 1.807) is 6.20 Å². The number of aromatic nitrogens is 3. The molecule has 3 aromatic rings. The van der Waals surface area contributed by atoms with Crippen LogP contribution in [0.1, 0.15) is 5.56 Å². The van der Waals surface area contributed by atoms with E-state index >= 15 is 0 Å². The molecule has 0 radical (unpaired) electrons. The van der Waals surface area contributed by atoms with Gasteiger partial charge in [0.05, 0.1) is 11.9 Å². The maximum absolute atomic E-state index is 4.57. The van der Waals surface area contributed by atoms with E-state index in [1.807, 2.05) is 54.6 Å². The van der Waals surface area contributed by atoms with Crippen molar-refractivity contribution < 1.29 is 0 Å². The Kier molecular flexibility index (Phi) is 3.02. The van der Waals surface area contributed by atoms with Crippen molar-refractivity contribution in [2.45, 2.75) is 6.92 Å². The molecule has 0 aliphatic carbocycles. The smallest absolute Gasteiger partial charge is 0.182 e. The van der Waals surface area contributed by atoms with Gasteiger partial charge in [-0.3, -0.25) is 0 Å². The molecule has 2 aromatic carbocycles. The Hall–Kier alpha value is -2.55. The van der Waals surface area contributed by atoms with Gasteiger partial charge in [0.15, 0.2) is 5.82 Å². The summed E-state index contributed by atoms with van der Waals surface area (Å²) in [6, 6.07) is 18.1. The number of benzene rings is 2. The van der Waals surface area contributed by atoms with Crippen LogP contribution < -0.4 is 0 Å². The minimum atomic E-state index is 0.654. The van der Waals surface area contributed by atoms with E-state index in [0.29, 0.717) is 5.82 Å². The fourth-order valence-corrected chi connectivity index (χ4v) is 1.88. The lowest BCUT2D eigenvalue weighted by molar-refractivity contribution is 0.984. The van der Waals surface area contributed by atoms with Crippen LogP contribution in [0.4, 0.5) is 0 Å². The van der Waals surface area contributed by atoms with Crippen molar-refractivity contribution in [3.8, 4) is 22.6 Å². The molecule has 3 rings (SSSR count). The second-order valence-corrected chi connectivity index (χ2v) is 4.40. The Bertz CT molecular complexity index is 676. The third-order valence-electron chi connectivity index (χ3n) is 2.94. The Balaban J connectivity index is 2.03. The predicted octanol–water partition coefficient (Wildman–Crippen LogP) is 3.51. The molecule has 1 aromatic heterocycles. The molecule has 0 saturated heterocycles. The standard InChI is InChI=1S/C16H13N3/c1-12-7-9-14(10-8-12)16-18-15(11-17-19-16)13-5-3-2-4-6-13/h2-11H,1H3. The fraction of sp³-hybridized carbons (Fsp3) is 0.0625. The first-order chi connectivity index (χ1) is 9.33. The Labute approximate surface area is 112 Å². The lowest BCUT2D eigenvalue weighted by Crippen LogP contribution is -1.94. The molecule has 0 unspecified atom stereocenters. The molecule has 3 heteroatoms. The molecule has 0 fully saturated rings. The van der Waals surface area contributed by atoms with Gasteiger partial charge < -0.3 is 0 Å². The van der Waals surface area contributed by atoms with Crippen molar-refractivity contribution in [1.82, 2.24) is 15.2 Å². The average molecular weight is 247 g/mol. The van der Waals surface area contributed by atoms with Crippen LogP contribution in [0.5, 0.6) is 0 Å². The molecular formula is C16H13N3. The third kappa shape index (κ3) is 2.50. The molecule has 0 bridgehead atoms. The van der Waals surface area contributed by atoms with Crippen LogP contribution in [-0.4, -0.2) is 15.2 Å². The van der Waals surface area contributed by atoms with Gasteiger partial charge >= 0.3 is 0 Å². The van der Waals surface area contributed by atoms with Crippen LogP contribution in [0, 0.1) is 6.92 Å². The summed E-state index contributed by atoms with van der Waals surface area (Å²) in [5.74, 6) is 0.654. The van der Waals surface area contributed by atoms with E-state index in [-0.39, 0.29) is 0 Å². The fourth-order valence-electron chi connectivity index (χ4n) is 1.88. The summed E-state index contributed by atoms with van der Waals surface area (Å²) in [6.45, 7) is 2.06. The summed E-state index contributed by atoms with van der Waals surface area (Å²) in [6.07, 6.45) is 1.69. The van der Waals surface area contributed by atoms with E-state index in [0.717, 1.165) is 16.8 Å². The molecule has 0 atom stereocenters. The molecule has 3 nitrogen and oxygen atoms in total. The van der Waals surface area contributed by atoms with Gasteiger partial charge in [0, 0.05) is 11.1 Å². The molecule has 19 heavy (non-hydrogen) atoms. The van der Waals surface area contributed by atoms with Gasteiger partial charge in [0.2, 0.25) is 0 Å². The maximum Gasteiger partial charge on any atom is 0.182 e. The van der Waals surface area contributed by atoms with Crippen molar-refractivity contribution in [2.75, 3.05) is 0 Å². The summed E-state index contributed by atoms with van der Waals surface area (Å²) in [5.41, 5.74) is 4.09. The van der Waals surface area contributed by atoms with Crippen LogP contribution in [0.25, 0.3) is 22.6 Å². The predicted molar refractivity (Wildman–Crippen MR) is 75.4 cm³/mol. The molecule has 0 N–H and O–H groups in total. The molecule has 92 valence electrons. The molecule has 0 aliphatic rings. The highest BCUT2D eigenvalue weighted by Crippen LogP contribution is 2.19. The first kappa shape index (κ1) is 11.5. The SMILES string of the molecule is Cc1ccc(-c2nncc(-c3ccccc3)n2)cc1. The number of rotatable bonds is 2. The van der Waals surface area contributed by atoms with Gasteiger partial charge in [-0.25, -0.2) is 4.98 Å². The highest BCUT2D eigenvalue weighted by molar-refractivity contribution is 5.62. The highest BCUT2D eigenvalue weighted by atomic mass is 15.1. The molecule has 0 spiro atoms. The summed E-state index contributed by atoms with van der Waals surface area (Å²) >= 11 is 0. The van der Waals surface area contributed by atoms with Gasteiger partial charge in [-0.15, -0.1) is 5.10 Å². The average Bonchev–Trinajstić information content (AvgIpc) is 2.49. The largest absolute Gasteiger partial charge is 0.225 e. The minimum Gasteiger partial charge on any atom is -0.225 e. The second-order valence-electron chi connectivity index (χ2n) is 4.40. The lowest BCUT2D eigenvalue weighted by atomic mass is 10.1. The first-order valence-corrected chi connectivity index (χ1v) is 6.15. The third-order valence-corrected chi connectivity index (χ3v) is 2.94. The number of hydrogen-bond donors (Lipinski definition) is 0. The van der Waals surface area contributed by atoms with E-state index in [4.69, 9.17) is 0 Å². The van der Waals surface area contributed by atoms with Crippen molar-refractivity contribution in [2.24, 2.45) is 0 Å². The van der Waals surface area contributed by atoms with Crippen LogP contribution in [-0.2, 0) is 0 Å². The molecule has 0 saturated carbocycles. The topological polar surface area (TPSA) is 38.7 Å². The maximum atomic E-state index is 4.57. The molecule has 0 amide bonds. The van der Waals surface area contributed by atoms with Crippen molar-refractivity contribution in [1.29, 1.82) is 0 Å². The normalized spacial score (nSPS) is 10.4. The van der Waals surface area contributed by atoms with Crippen molar-refractivity contribution >= 4 is 0 Å². The van der Waals surface area contributed by atoms with E-state index in [2.05, 4.69) is 22.1 Å². The van der Waals surface area contributed by atoms with Gasteiger partial charge in [-0.05, 0) is 6.92 Å². The Morgan fingerprint density at radius 3 is 2.26 bits per heavy atom. The Morgan fingerprint density at radius 2 is 1.53 bits per heavy atom. The van der Waals surface area contributed by atoms with Crippen LogP contribution >= 0.6 is 0 Å². The van der Waals surface area contributed by atoms with Crippen LogP contribution in [0.15, 0.2) is 60.8 Å². The van der Waals surface area contributed by atoms with Crippen LogP contribution in [0.2, 0.25) is 0 Å². The van der Waals surface area contributed by atoms with E-state index in [1.165, 1.54) is 5.56 Å². The molecular weight excluding hydrogens is 234 g/mol. The van der Waals surface area contributed by atoms with Crippen molar-refractivity contribution in [3.63, 3.8) is 0 Å². The summed E-state index contributed by atoms with van der Waals surface area (Å²) in [7, 11) is 0. The van der Waals surface area contributed by atoms with Gasteiger partial charge in [0.1, 0.15) is 0 Å². The summed E-state index contributed by atoms with van der Waals surface area (Å²) in [5, 5.41) is 8.15. The quantitative estimate of drug-likeness (QED) is 0.695. The molecule has 1 heterocycles. The minimum absolute atomic E-state index is 0.654. The van der Waals surface area contributed by atoms with Crippen molar-refractivity contribution in [3.05, 3.63) is 66.4 Å². The van der Waals surface area contributed by atoms with E-state index < -0.39 is 0 Å². The zero-order chi connectivity index (χ0) is 13.1. The lowest BCUT2D eigenvalue weighted by Gasteiger charge is -2.03. The number of nitrogens with zero attached hydrogens (tertiary/aromatic N) is 3. The number of hydrogen-bond acceptors (Lipinski definition) is 3. The molecule has 0 aliphatic heterocycles. The second kappa shape index (κ2) is 4.98. The summed E-state index contributed by atoms with van der Waals surface area (Å²) < 4.78 is 0. The van der Waals surface area contributed by atoms with Gasteiger partial charge in [-0.2, -0.15) is 5.10 Å². The summed E-state index contributed by atoms with van der Waals surface area (Å²) in [4.78, 5) is 4.57. The zero-order valence-corrected chi connectivity index (χ0v) is 10.6.